The molecule has 0 aliphatic heterocycles. The monoisotopic (exact) mass is 389 g/mol. The van der Waals surface area contributed by atoms with E-state index in [0.717, 1.165) is 4.57 Å². The van der Waals surface area contributed by atoms with Crippen LogP contribution in [0.4, 0.5) is 4.39 Å². The average molecular weight is 390 g/mol. The van der Waals surface area contributed by atoms with Gasteiger partial charge in [-0.05, 0) is 35.9 Å². The summed E-state index contributed by atoms with van der Waals surface area (Å²) < 4.78 is 22.2. The van der Waals surface area contributed by atoms with E-state index < -0.39 is 11.2 Å². The SMILES string of the molecule is Cn1c(=O)c2c(nc(Cl)n2Cc2coc(-c3ccc(F)cc3)n2)n(C)c1=O. The molecule has 0 amide bonds. The highest BCUT2D eigenvalue weighted by molar-refractivity contribution is 6.29. The number of hydrogen-bond donors (Lipinski definition) is 0. The summed E-state index contributed by atoms with van der Waals surface area (Å²) in [5.41, 5.74) is 0.490. The van der Waals surface area contributed by atoms with Crippen LogP contribution in [0.1, 0.15) is 5.69 Å². The minimum Gasteiger partial charge on any atom is -0.444 e. The fraction of sp³-hybridized carbons (Fsp3) is 0.176. The van der Waals surface area contributed by atoms with Crippen LogP contribution in [-0.4, -0.2) is 23.7 Å². The smallest absolute Gasteiger partial charge is 0.332 e. The zero-order chi connectivity index (χ0) is 19.3. The summed E-state index contributed by atoms with van der Waals surface area (Å²) in [6.07, 6.45) is 1.42. The molecule has 0 bridgehead atoms. The van der Waals surface area contributed by atoms with Gasteiger partial charge in [0.15, 0.2) is 11.2 Å². The van der Waals surface area contributed by atoms with Crippen molar-refractivity contribution in [2.24, 2.45) is 14.1 Å². The molecule has 0 saturated carbocycles. The van der Waals surface area contributed by atoms with E-state index in [1.54, 1.807) is 12.1 Å². The van der Waals surface area contributed by atoms with Crippen LogP contribution in [-0.2, 0) is 20.6 Å². The maximum Gasteiger partial charge on any atom is 0.332 e. The summed E-state index contributed by atoms with van der Waals surface area (Å²) >= 11 is 6.20. The van der Waals surface area contributed by atoms with Crippen LogP contribution < -0.4 is 11.2 Å². The molecular formula is C17H13ClFN5O3. The third-order valence-electron chi connectivity index (χ3n) is 4.26. The number of benzene rings is 1. The van der Waals surface area contributed by atoms with Crippen LogP contribution in [0.15, 0.2) is 44.5 Å². The molecule has 0 saturated heterocycles. The summed E-state index contributed by atoms with van der Waals surface area (Å²) in [7, 11) is 2.90. The molecule has 0 fully saturated rings. The molecule has 0 unspecified atom stereocenters. The molecular weight excluding hydrogens is 377 g/mol. The van der Waals surface area contributed by atoms with Gasteiger partial charge < -0.3 is 8.98 Å². The molecule has 0 spiro atoms. The Morgan fingerprint density at radius 3 is 2.52 bits per heavy atom. The number of rotatable bonds is 3. The van der Waals surface area contributed by atoms with Crippen molar-refractivity contribution in [3.8, 4) is 11.5 Å². The lowest BCUT2D eigenvalue weighted by atomic mass is 10.2. The minimum atomic E-state index is -0.505. The molecule has 0 N–H and O–H groups in total. The predicted molar refractivity (Wildman–Crippen MR) is 96.2 cm³/mol. The summed E-state index contributed by atoms with van der Waals surface area (Å²) in [5.74, 6) is -0.0468. The Bertz CT molecular complexity index is 1280. The lowest BCUT2D eigenvalue weighted by Crippen LogP contribution is -2.37. The van der Waals surface area contributed by atoms with Crippen molar-refractivity contribution in [3.05, 3.63) is 68.2 Å². The topological polar surface area (TPSA) is 87.8 Å². The molecule has 3 heterocycles. The van der Waals surface area contributed by atoms with E-state index in [2.05, 4.69) is 9.97 Å². The number of aromatic nitrogens is 5. The molecule has 0 radical (unpaired) electrons. The van der Waals surface area contributed by atoms with Gasteiger partial charge in [0.2, 0.25) is 11.2 Å². The van der Waals surface area contributed by atoms with Gasteiger partial charge in [0, 0.05) is 19.7 Å². The summed E-state index contributed by atoms with van der Waals surface area (Å²) in [5, 5.41) is 0.0506. The van der Waals surface area contributed by atoms with E-state index in [1.165, 1.54) is 41.6 Å². The van der Waals surface area contributed by atoms with Crippen LogP contribution in [0.3, 0.4) is 0 Å². The second-order valence-corrected chi connectivity index (χ2v) is 6.33. The number of hydrogen-bond acceptors (Lipinski definition) is 5. The normalized spacial score (nSPS) is 11.4. The van der Waals surface area contributed by atoms with Gasteiger partial charge in [0.05, 0.1) is 12.2 Å². The number of halogens is 2. The Balaban J connectivity index is 1.79. The van der Waals surface area contributed by atoms with E-state index in [0.29, 0.717) is 17.1 Å². The largest absolute Gasteiger partial charge is 0.444 e. The highest BCUT2D eigenvalue weighted by atomic mass is 35.5. The number of aryl methyl sites for hydroxylation is 1. The second kappa shape index (κ2) is 6.20. The van der Waals surface area contributed by atoms with Crippen LogP contribution in [0.2, 0.25) is 5.28 Å². The van der Waals surface area contributed by atoms with Crippen molar-refractivity contribution >= 4 is 22.8 Å². The van der Waals surface area contributed by atoms with Gasteiger partial charge in [-0.2, -0.15) is 4.98 Å². The quantitative estimate of drug-likeness (QED) is 0.500. The van der Waals surface area contributed by atoms with Gasteiger partial charge in [-0.1, -0.05) is 0 Å². The zero-order valence-electron chi connectivity index (χ0n) is 14.3. The summed E-state index contributed by atoms with van der Waals surface area (Å²) in [6.45, 7) is 0.119. The summed E-state index contributed by atoms with van der Waals surface area (Å²) in [4.78, 5) is 33.1. The van der Waals surface area contributed by atoms with Crippen molar-refractivity contribution in [3.63, 3.8) is 0 Å². The zero-order valence-corrected chi connectivity index (χ0v) is 15.1. The van der Waals surface area contributed by atoms with E-state index in [4.69, 9.17) is 16.0 Å². The fourth-order valence-corrected chi connectivity index (χ4v) is 3.06. The number of oxazole rings is 1. The molecule has 10 heteroatoms. The number of nitrogens with zero attached hydrogens (tertiary/aromatic N) is 5. The molecule has 27 heavy (non-hydrogen) atoms. The first-order chi connectivity index (χ1) is 12.9. The fourth-order valence-electron chi connectivity index (χ4n) is 2.83. The Kier molecular flexibility index (Phi) is 3.96. The molecule has 1 aromatic carbocycles. The van der Waals surface area contributed by atoms with Crippen LogP contribution in [0.25, 0.3) is 22.6 Å². The first-order valence-electron chi connectivity index (χ1n) is 7.89. The Labute approximate surface area is 156 Å². The van der Waals surface area contributed by atoms with Gasteiger partial charge in [-0.15, -0.1) is 0 Å². The molecule has 3 aromatic heterocycles. The Morgan fingerprint density at radius 1 is 1.11 bits per heavy atom. The van der Waals surface area contributed by atoms with Gasteiger partial charge in [-0.3, -0.25) is 13.9 Å². The standard InChI is InChI=1S/C17H13ClFN5O3/c1-22-13-12(15(25)23(2)17(22)26)24(16(18)21-13)7-11-8-27-14(20-11)9-3-5-10(19)6-4-9/h3-6,8H,7H2,1-2H3. The maximum atomic E-state index is 13.1. The van der Waals surface area contributed by atoms with E-state index in [9.17, 15) is 14.0 Å². The van der Waals surface area contributed by atoms with Gasteiger partial charge in [-0.25, -0.2) is 14.2 Å². The van der Waals surface area contributed by atoms with E-state index in [-0.39, 0.29) is 28.8 Å². The number of imidazole rings is 1. The maximum absolute atomic E-state index is 13.1. The van der Waals surface area contributed by atoms with Crippen molar-refractivity contribution in [1.29, 1.82) is 0 Å². The van der Waals surface area contributed by atoms with Crippen molar-refractivity contribution in [2.45, 2.75) is 6.54 Å². The third kappa shape index (κ3) is 2.76. The molecule has 0 atom stereocenters. The highest BCUT2D eigenvalue weighted by Gasteiger charge is 2.19. The lowest BCUT2D eigenvalue weighted by Gasteiger charge is -2.05. The third-order valence-corrected chi connectivity index (χ3v) is 4.55. The molecule has 0 aliphatic rings. The van der Waals surface area contributed by atoms with E-state index >= 15 is 0 Å². The molecule has 4 aromatic rings. The summed E-state index contributed by atoms with van der Waals surface area (Å²) in [6, 6.07) is 5.72. The van der Waals surface area contributed by atoms with Gasteiger partial charge >= 0.3 is 5.69 Å². The first-order valence-corrected chi connectivity index (χ1v) is 8.26. The van der Waals surface area contributed by atoms with Crippen LogP contribution in [0, 0.1) is 5.82 Å². The van der Waals surface area contributed by atoms with Crippen molar-refractivity contribution < 1.29 is 8.81 Å². The molecule has 0 aliphatic carbocycles. The predicted octanol–water partition coefficient (Wildman–Crippen LogP) is 1.93. The van der Waals surface area contributed by atoms with Gasteiger partial charge in [0.1, 0.15) is 12.1 Å². The Hall–Kier alpha value is -3.20. The molecule has 8 nitrogen and oxygen atoms in total. The average Bonchev–Trinajstić information content (AvgIpc) is 3.24. The van der Waals surface area contributed by atoms with E-state index in [1.807, 2.05) is 0 Å². The number of fused-ring (bicyclic) bond motifs is 1. The van der Waals surface area contributed by atoms with Crippen LogP contribution >= 0.6 is 11.6 Å². The first kappa shape index (κ1) is 17.2. The lowest BCUT2D eigenvalue weighted by molar-refractivity contribution is 0.571. The highest BCUT2D eigenvalue weighted by Crippen LogP contribution is 2.21. The second-order valence-electron chi connectivity index (χ2n) is 6.00. The van der Waals surface area contributed by atoms with Crippen molar-refractivity contribution in [2.75, 3.05) is 0 Å². The molecule has 138 valence electrons. The minimum absolute atomic E-state index is 0.0506. The Morgan fingerprint density at radius 2 is 1.81 bits per heavy atom. The van der Waals surface area contributed by atoms with Gasteiger partial charge in [0.25, 0.3) is 5.56 Å². The molecule has 4 rings (SSSR count). The van der Waals surface area contributed by atoms with Crippen molar-refractivity contribution in [1.82, 2.24) is 23.7 Å². The van der Waals surface area contributed by atoms with Crippen LogP contribution in [0.5, 0.6) is 0 Å².